The summed E-state index contributed by atoms with van der Waals surface area (Å²) < 4.78 is 1.47. The number of para-hydroxylation sites is 1. The van der Waals surface area contributed by atoms with Gasteiger partial charge in [-0.1, -0.05) is 41.6 Å². The lowest BCUT2D eigenvalue weighted by atomic mass is 10.2. The summed E-state index contributed by atoms with van der Waals surface area (Å²) in [4.78, 5) is 44.0. The zero-order valence-electron chi connectivity index (χ0n) is 18.5. The summed E-state index contributed by atoms with van der Waals surface area (Å²) in [5, 5.41) is 4.15. The van der Waals surface area contributed by atoms with Crippen molar-refractivity contribution in [2.75, 3.05) is 25.2 Å². The van der Waals surface area contributed by atoms with Crippen LogP contribution in [0.5, 0.6) is 0 Å². The number of nitrogens with zero attached hydrogens (tertiary/aromatic N) is 3. The second-order valence-electron chi connectivity index (χ2n) is 7.65. The van der Waals surface area contributed by atoms with Gasteiger partial charge in [-0.2, -0.15) is 0 Å². The Labute approximate surface area is 205 Å². The number of benzene rings is 3. The first-order valence-electron chi connectivity index (χ1n) is 10.4. The van der Waals surface area contributed by atoms with E-state index in [-0.39, 0.29) is 23.1 Å². The lowest BCUT2D eigenvalue weighted by Gasteiger charge is -2.14. The van der Waals surface area contributed by atoms with E-state index >= 15 is 0 Å². The second-order valence-corrected chi connectivity index (χ2v) is 9.02. The molecule has 172 valence electrons. The van der Waals surface area contributed by atoms with Gasteiger partial charge in [-0.15, -0.1) is 0 Å². The van der Waals surface area contributed by atoms with Crippen molar-refractivity contribution in [1.29, 1.82) is 0 Å². The number of fused-ring (bicyclic) bond motifs is 1. The van der Waals surface area contributed by atoms with E-state index in [1.54, 1.807) is 80.8 Å². The number of rotatable bonds is 6. The highest BCUT2D eigenvalue weighted by atomic mass is 35.5. The molecule has 0 spiro atoms. The van der Waals surface area contributed by atoms with E-state index in [0.29, 0.717) is 38.0 Å². The Morgan fingerprint density at radius 2 is 1.76 bits per heavy atom. The van der Waals surface area contributed by atoms with Crippen molar-refractivity contribution in [3.63, 3.8) is 0 Å². The van der Waals surface area contributed by atoms with Gasteiger partial charge >= 0.3 is 0 Å². The Balaban J connectivity index is 1.57. The molecule has 0 unspecified atom stereocenters. The van der Waals surface area contributed by atoms with Crippen LogP contribution in [0.15, 0.2) is 82.7 Å². The molecule has 0 aliphatic rings. The molecular weight excluding hydrogens is 472 g/mol. The minimum Gasteiger partial charge on any atom is -0.345 e. The molecule has 0 radical (unpaired) electrons. The number of anilines is 1. The molecule has 4 aromatic rings. The van der Waals surface area contributed by atoms with Crippen molar-refractivity contribution in [2.24, 2.45) is 0 Å². The second kappa shape index (κ2) is 10.1. The monoisotopic (exact) mass is 492 g/mol. The Morgan fingerprint density at radius 3 is 2.47 bits per heavy atom. The topological polar surface area (TPSA) is 84.3 Å². The number of hydrogen-bond acceptors (Lipinski definition) is 5. The predicted molar refractivity (Wildman–Crippen MR) is 136 cm³/mol. The molecule has 1 aromatic heterocycles. The van der Waals surface area contributed by atoms with Crippen LogP contribution in [-0.2, 0) is 4.79 Å². The van der Waals surface area contributed by atoms with Gasteiger partial charge in [0.05, 0.1) is 22.3 Å². The standard InChI is InChI=1S/C25H21ClN4O3S/c1-29(2)23(32)16-10-12-18(13-11-16)27-22(31)15-34-25-28-21-9-4-3-8-20(21)24(33)30(25)19-7-5-6-17(26)14-19/h3-14H,15H2,1-2H3,(H,27,31). The molecule has 34 heavy (non-hydrogen) atoms. The van der Waals surface area contributed by atoms with Gasteiger partial charge in [0.2, 0.25) is 5.91 Å². The summed E-state index contributed by atoms with van der Waals surface area (Å²) >= 11 is 7.30. The molecule has 3 aromatic carbocycles. The average Bonchev–Trinajstić information content (AvgIpc) is 2.83. The van der Waals surface area contributed by atoms with Crippen LogP contribution in [-0.4, -0.2) is 46.1 Å². The summed E-state index contributed by atoms with van der Waals surface area (Å²) in [5.41, 5.74) is 1.98. The van der Waals surface area contributed by atoms with Crippen LogP contribution in [0.2, 0.25) is 5.02 Å². The van der Waals surface area contributed by atoms with E-state index in [9.17, 15) is 14.4 Å². The Morgan fingerprint density at radius 1 is 1.03 bits per heavy atom. The quantitative estimate of drug-likeness (QED) is 0.317. The summed E-state index contributed by atoms with van der Waals surface area (Å²) in [6.45, 7) is 0. The SMILES string of the molecule is CN(C)C(=O)c1ccc(NC(=O)CSc2nc3ccccc3c(=O)n2-c2cccc(Cl)c2)cc1. The number of hydrogen-bond donors (Lipinski definition) is 1. The van der Waals surface area contributed by atoms with Gasteiger partial charge in [-0.05, 0) is 54.6 Å². The highest BCUT2D eigenvalue weighted by Crippen LogP contribution is 2.23. The predicted octanol–water partition coefficient (Wildman–Crippen LogP) is 4.47. The molecule has 0 bridgehead atoms. The van der Waals surface area contributed by atoms with Crippen LogP contribution in [0, 0.1) is 0 Å². The number of carbonyl (C=O) groups excluding carboxylic acids is 2. The van der Waals surface area contributed by atoms with Crippen LogP contribution < -0.4 is 10.9 Å². The van der Waals surface area contributed by atoms with E-state index in [1.165, 1.54) is 9.47 Å². The fourth-order valence-corrected chi connectivity index (χ4v) is 4.33. The average molecular weight is 493 g/mol. The van der Waals surface area contributed by atoms with E-state index < -0.39 is 0 Å². The van der Waals surface area contributed by atoms with Crippen molar-refractivity contribution < 1.29 is 9.59 Å². The van der Waals surface area contributed by atoms with Gasteiger partial charge < -0.3 is 10.2 Å². The Bertz CT molecular complexity index is 1430. The van der Waals surface area contributed by atoms with E-state index in [4.69, 9.17) is 11.6 Å². The van der Waals surface area contributed by atoms with E-state index in [1.807, 2.05) is 6.07 Å². The van der Waals surface area contributed by atoms with E-state index in [0.717, 1.165) is 11.8 Å². The molecular formula is C25H21ClN4O3S. The molecule has 0 saturated heterocycles. The number of nitrogens with one attached hydrogen (secondary N) is 1. The number of halogens is 1. The van der Waals surface area contributed by atoms with Gasteiger partial charge in [-0.3, -0.25) is 19.0 Å². The highest BCUT2D eigenvalue weighted by molar-refractivity contribution is 7.99. The molecule has 1 heterocycles. The van der Waals surface area contributed by atoms with Crippen molar-refractivity contribution in [3.8, 4) is 5.69 Å². The van der Waals surface area contributed by atoms with Gasteiger partial charge in [0.1, 0.15) is 0 Å². The molecule has 1 N–H and O–H groups in total. The minimum atomic E-state index is -0.267. The lowest BCUT2D eigenvalue weighted by Crippen LogP contribution is -2.23. The molecule has 0 aliphatic carbocycles. The van der Waals surface area contributed by atoms with Crippen LogP contribution in [0.25, 0.3) is 16.6 Å². The lowest BCUT2D eigenvalue weighted by molar-refractivity contribution is -0.113. The largest absolute Gasteiger partial charge is 0.345 e. The smallest absolute Gasteiger partial charge is 0.266 e. The fourth-order valence-electron chi connectivity index (χ4n) is 3.33. The Hall–Kier alpha value is -3.62. The van der Waals surface area contributed by atoms with Crippen molar-refractivity contribution in [3.05, 3.63) is 93.7 Å². The normalized spacial score (nSPS) is 10.8. The zero-order valence-corrected chi connectivity index (χ0v) is 20.1. The molecule has 0 atom stereocenters. The van der Waals surface area contributed by atoms with E-state index in [2.05, 4.69) is 10.3 Å². The van der Waals surface area contributed by atoms with Gasteiger partial charge in [-0.25, -0.2) is 4.98 Å². The first-order valence-corrected chi connectivity index (χ1v) is 11.7. The third-order valence-electron chi connectivity index (χ3n) is 4.97. The van der Waals surface area contributed by atoms with Gasteiger partial charge in [0.25, 0.3) is 11.5 Å². The summed E-state index contributed by atoms with van der Waals surface area (Å²) in [6.07, 6.45) is 0. The third-order valence-corrected chi connectivity index (χ3v) is 6.14. The van der Waals surface area contributed by atoms with Crippen LogP contribution >= 0.6 is 23.4 Å². The van der Waals surface area contributed by atoms with Crippen molar-refractivity contribution >= 4 is 51.8 Å². The molecule has 4 rings (SSSR count). The van der Waals surface area contributed by atoms with Crippen molar-refractivity contribution in [1.82, 2.24) is 14.5 Å². The number of amides is 2. The van der Waals surface area contributed by atoms with Crippen LogP contribution in [0.4, 0.5) is 5.69 Å². The molecule has 7 nitrogen and oxygen atoms in total. The summed E-state index contributed by atoms with van der Waals surface area (Å²) in [6, 6.07) is 20.7. The molecule has 9 heteroatoms. The number of thioether (sulfide) groups is 1. The molecule has 2 amide bonds. The zero-order chi connectivity index (χ0) is 24.2. The summed E-state index contributed by atoms with van der Waals surface area (Å²) in [7, 11) is 3.36. The van der Waals surface area contributed by atoms with Crippen molar-refractivity contribution in [2.45, 2.75) is 5.16 Å². The molecule has 0 fully saturated rings. The van der Waals surface area contributed by atoms with Gasteiger partial charge in [0.15, 0.2) is 5.16 Å². The minimum absolute atomic E-state index is 0.0315. The van der Waals surface area contributed by atoms with Gasteiger partial charge in [0, 0.05) is 30.4 Å². The summed E-state index contributed by atoms with van der Waals surface area (Å²) in [5.74, 6) is -0.351. The maximum atomic E-state index is 13.3. The first kappa shape index (κ1) is 23.5. The maximum absolute atomic E-state index is 13.3. The Kier molecular flexibility index (Phi) is 7.00. The van der Waals surface area contributed by atoms with Crippen LogP contribution in [0.1, 0.15) is 10.4 Å². The highest BCUT2D eigenvalue weighted by Gasteiger charge is 2.15. The number of carbonyl (C=O) groups is 2. The molecule has 0 aliphatic heterocycles. The number of aromatic nitrogens is 2. The molecule has 0 saturated carbocycles. The first-order chi connectivity index (χ1) is 16.3. The fraction of sp³-hybridized carbons (Fsp3) is 0.120. The maximum Gasteiger partial charge on any atom is 0.266 e. The van der Waals surface area contributed by atoms with Crippen LogP contribution in [0.3, 0.4) is 0 Å². The third kappa shape index (κ3) is 5.13.